The maximum Gasteiger partial charge on any atom is 0.338 e. The molecular formula is C18H21NO4S. The Labute approximate surface area is 142 Å². The summed E-state index contributed by atoms with van der Waals surface area (Å²) in [6.07, 6.45) is 0. The molecule has 0 radical (unpaired) electrons. The molecule has 0 atom stereocenters. The fourth-order valence-electron chi connectivity index (χ4n) is 2.72. The van der Waals surface area contributed by atoms with E-state index >= 15 is 0 Å². The molecule has 6 heteroatoms. The number of nitrogens with one attached hydrogen (secondary N) is 1. The number of ether oxygens (including phenoxy) is 1. The minimum atomic E-state index is -3.75. The van der Waals surface area contributed by atoms with Crippen LogP contribution in [-0.4, -0.2) is 21.0 Å². The van der Waals surface area contributed by atoms with E-state index in [0.29, 0.717) is 22.4 Å². The Hall–Kier alpha value is -2.34. The Balaban J connectivity index is 2.37. The van der Waals surface area contributed by atoms with Crippen LogP contribution in [0.15, 0.2) is 41.3 Å². The fourth-order valence-corrected chi connectivity index (χ4v) is 4.23. The van der Waals surface area contributed by atoms with Crippen LogP contribution in [0.4, 0.5) is 5.69 Å². The molecule has 0 fully saturated rings. The smallest absolute Gasteiger partial charge is 0.338 e. The molecule has 0 aliphatic carbocycles. The predicted molar refractivity (Wildman–Crippen MR) is 93.9 cm³/mol. The first-order chi connectivity index (χ1) is 11.2. The molecule has 0 bridgehead atoms. The van der Waals surface area contributed by atoms with E-state index in [2.05, 4.69) is 4.72 Å². The lowest BCUT2D eigenvalue weighted by molar-refractivity contribution is 0.0526. The molecule has 0 spiro atoms. The first-order valence-corrected chi connectivity index (χ1v) is 9.10. The second-order valence-corrected chi connectivity index (χ2v) is 7.25. The summed E-state index contributed by atoms with van der Waals surface area (Å²) in [6.45, 7) is 7.43. The molecule has 0 heterocycles. The van der Waals surface area contributed by atoms with Crippen LogP contribution in [-0.2, 0) is 14.8 Å². The van der Waals surface area contributed by atoms with Gasteiger partial charge >= 0.3 is 5.97 Å². The third-order valence-corrected chi connectivity index (χ3v) is 5.19. The maximum atomic E-state index is 12.7. The van der Waals surface area contributed by atoms with Gasteiger partial charge in [-0.2, -0.15) is 0 Å². The molecule has 2 aromatic carbocycles. The van der Waals surface area contributed by atoms with Crippen LogP contribution in [0.25, 0.3) is 0 Å². The maximum absolute atomic E-state index is 12.7. The summed E-state index contributed by atoms with van der Waals surface area (Å²) in [5.74, 6) is -0.485. The van der Waals surface area contributed by atoms with E-state index in [1.165, 1.54) is 6.07 Å². The highest BCUT2D eigenvalue weighted by Gasteiger charge is 2.20. The van der Waals surface area contributed by atoms with Crippen LogP contribution in [0, 0.1) is 20.8 Å². The van der Waals surface area contributed by atoms with E-state index in [1.807, 2.05) is 19.1 Å². The van der Waals surface area contributed by atoms with Gasteiger partial charge in [0.25, 0.3) is 10.0 Å². The summed E-state index contributed by atoms with van der Waals surface area (Å²) < 4.78 is 32.9. The summed E-state index contributed by atoms with van der Waals surface area (Å²) in [4.78, 5) is 12.0. The van der Waals surface area contributed by atoms with Crippen molar-refractivity contribution in [1.29, 1.82) is 0 Å². The molecule has 24 heavy (non-hydrogen) atoms. The van der Waals surface area contributed by atoms with Gasteiger partial charge < -0.3 is 4.74 Å². The van der Waals surface area contributed by atoms with Gasteiger partial charge in [0.2, 0.25) is 0 Å². The summed E-state index contributed by atoms with van der Waals surface area (Å²) in [6, 6.07) is 9.91. The second-order valence-electron chi connectivity index (χ2n) is 5.63. The summed E-state index contributed by atoms with van der Waals surface area (Å²) in [5.41, 5.74) is 2.99. The first kappa shape index (κ1) is 18.0. The number of hydrogen-bond donors (Lipinski definition) is 1. The highest BCUT2D eigenvalue weighted by atomic mass is 32.2. The molecule has 0 aliphatic rings. The Morgan fingerprint density at radius 1 is 1.08 bits per heavy atom. The van der Waals surface area contributed by atoms with Crippen molar-refractivity contribution in [3.63, 3.8) is 0 Å². The quantitative estimate of drug-likeness (QED) is 0.839. The average Bonchev–Trinajstić information content (AvgIpc) is 2.45. The lowest BCUT2D eigenvalue weighted by Crippen LogP contribution is -2.16. The molecule has 128 valence electrons. The molecule has 0 amide bonds. The minimum Gasteiger partial charge on any atom is -0.462 e. The first-order valence-electron chi connectivity index (χ1n) is 7.62. The van der Waals surface area contributed by atoms with Crippen molar-refractivity contribution >= 4 is 21.7 Å². The zero-order valence-corrected chi connectivity index (χ0v) is 15.0. The zero-order chi connectivity index (χ0) is 17.9. The van der Waals surface area contributed by atoms with Crippen LogP contribution in [0.3, 0.4) is 0 Å². The van der Waals surface area contributed by atoms with Crippen LogP contribution < -0.4 is 4.72 Å². The van der Waals surface area contributed by atoms with Gasteiger partial charge in [-0.25, -0.2) is 13.2 Å². The standard InChI is InChI=1S/C18H21NO4S/c1-5-23-18(20)15-7-6-8-16(11-15)19-24(21,22)17-13(3)9-12(2)10-14(17)4/h6-11,19H,5H2,1-4H3. The molecule has 0 aromatic heterocycles. The van der Waals surface area contributed by atoms with Gasteiger partial charge in [-0.3, -0.25) is 4.72 Å². The highest BCUT2D eigenvalue weighted by Crippen LogP contribution is 2.24. The summed E-state index contributed by atoms with van der Waals surface area (Å²) >= 11 is 0. The topological polar surface area (TPSA) is 72.5 Å². The van der Waals surface area contributed by atoms with Crippen molar-refractivity contribution in [3.8, 4) is 0 Å². The lowest BCUT2D eigenvalue weighted by atomic mass is 10.1. The van der Waals surface area contributed by atoms with Crippen LogP contribution in [0.2, 0.25) is 0 Å². The molecular weight excluding hydrogens is 326 g/mol. The van der Waals surface area contributed by atoms with Gasteiger partial charge in [-0.15, -0.1) is 0 Å². The average molecular weight is 347 g/mol. The van der Waals surface area contributed by atoms with Crippen molar-refractivity contribution in [1.82, 2.24) is 0 Å². The van der Waals surface area contributed by atoms with E-state index in [1.54, 1.807) is 39.0 Å². The molecule has 2 aromatic rings. The van der Waals surface area contributed by atoms with Crippen molar-refractivity contribution in [2.24, 2.45) is 0 Å². The molecule has 0 saturated carbocycles. The van der Waals surface area contributed by atoms with Gasteiger partial charge in [-0.05, 0) is 57.0 Å². The van der Waals surface area contributed by atoms with Gasteiger partial charge in [0.15, 0.2) is 0 Å². The van der Waals surface area contributed by atoms with E-state index in [-0.39, 0.29) is 11.5 Å². The van der Waals surface area contributed by atoms with Crippen LogP contribution in [0.5, 0.6) is 0 Å². The number of rotatable bonds is 5. The van der Waals surface area contributed by atoms with Crippen LogP contribution >= 0.6 is 0 Å². The van der Waals surface area contributed by atoms with E-state index in [0.717, 1.165) is 5.56 Å². The number of carbonyl (C=O) groups excluding carboxylic acids is 1. The molecule has 0 unspecified atom stereocenters. The molecule has 5 nitrogen and oxygen atoms in total. The fraction of sp³-hybridized carbons (Fsp3) is 0.278. The van der Waals surface area contributed by atoms with Crippen LogP contribution in [0.1, 0.15) is 34.0 Å². The Morgan fingerprint density at radius 3 is 2.29 bits per heavy atom. The number of aryl methyl sites for hydroxylation is 3. The Bertz CT molecular complexity index is 849. The zero-order valence-electron chi connectivity index (χ0n) is 14.2. The summed E-state index contributed by atoms with van der Waals surface area (Å²) in [7, 11) is -3.75. The molecule has 2 rings (SSSR count). The van der Waals surface area contributed by atoms with Gasteiger partial charge in [0, 0.05) is 5.69 Å². The van der Waals surface area contributed by atoms with Crippen molar-refractivity contribution in [2.75, 3.05) is 11.3 Å². The number of anilines is 1. The lowest BCUT2D eigenvalue weighted by Gasteiger charge is -2.14. The minimum absolute atomic E-state index is 0.259. The number of esters is 1. The Morgan fingerprint density at radius 2 is 1.71 bits per heavy atom. The predicted octanol–water partition coefficient (Wildman–Crippen LogP) is 3.59. The van der Waals surface area contributed by atoms with Gasteiger partial charge in [0.1, 0.15) is 0 Å². The third-order valence-electron chi connectivity index (χ3n) is 3.50. The van der Waals surface area contributed by atoms with Gasteiger partial charge in [-0.1, -0.05) is 23.8 Å². The van der Waals surface area contributed by atoms with E-state index in [4.69, 9.17) is 4.74 Å². The number of benzene rings is 2. The normalized spacial score (nSPS) is 11.2. The molecule has 0 aliphatic heterocycles. The van der Waals surface area contributed by atoms with Crippen molar-refractivity contribution in [2.45, 2.75) is 32.6 Å². The highest BCUT2D eigenvalue weighted by molar-refractivity contribution is 7.92. The second kappa shape index (κ2) is 7.05. The monoisotopic (exact) mass is 347 g/mol. The number of hydrogen-bond acceptors (Lipinski definition) is 4. The summed E-state index contributed by atoms with van der Waals surface area (Å²) in [5, 5.41) is 0. The number of carbonyl (C=O) groups is 1. The van der Waals surface area contributed by atoms with E-state index < -0.39 is 16.0 Å². The van der Waals surface area contributed by atoms with E-state index in [9.17, 15) is 13.2 Å². The molecule has 0 saturated heterocycles. The SMILES string of the molecule is CCOC(=O)c1cccc(NS(=O)(=O)c2c(C)cc(C)cc2C)c1. The van der Waals surface area contributed by atoms with Crippen molar-refractivity contribution in [3.05, 3.63) is 58.7 Å². The third kappa shape index (κ3) is 3.94. The van der Waals surface area contributed by atoms with Gasteiger partial charge in [0.05, 0.1) is 17.1 Å². The number of sulfonamides is 1. The largest absolute Gasteiger partial charge is 0.462 e. The Kier molecular flexibility index (Phi) is 5.29. The van der Waals surface area contributed by atoms with Crippen molar-refractivity contribution < 1.29 is 17.9 Å². The molecule has 1 N–H and O–H groups in total.